The molecular weight excluding hydrogens is 140 g/mol. The summed E-state index contributed by atoms with van der Waals surface area (Å²) in [7, 11) is 0. The Morgan fingerprint density at radius 1 is 1.09 bits per heavy atom. The van der Waals surface area contributed by atoms with Crippen LogP contribution in [0.15, 0.2) is 36.4 Å². The Bertz CT molecular complexity index is 227. The van der Waals surface area contributed by atoms with Crippen LogP contribution in [0.3, 0.4) is 0 Å². The Morgan fingerprint density at radius 2 is 1.73 bits per heavy atom. The fourth-order valence-electron chi connectivity index (χ4n) is 0.715. The van der Waals surface area contributed by atoms with Gasteiger partial charge in [-0.1, -0.05) is 36.4 Å². The van der Waals surface area contributed by atoms with Gasteiger partial charge < -0.3 is 5.48 Å². The Labute approximate surface area is 65.5 Å². The first-order valence-corrected chi connectivity index (χ1v) is 3.10. The van der Waals surface area contributed by atoms with Gasteiger partial charge in [0, 0.05) is 0 Å². The third-order valence-electron chi connectivity index (χ3n) is 1.17. The Balaban J connectivity index is 0.000001000. The maximum Gasteiger partial charge on any atom is 0.142 e. The van der Waals surface area contributed by atoms with Crippen LogP contribution in [0.1, 0.15) is 5.56 Å². The van der Waals surface area contributed by atoms with E-state index in [4.69, 9.17) is 0 Å². The van der Waals surface area contributed by atoms with E-state index in [1.165, 1.54) is 6.08 Å². The van der Waals surface area contributed by atoms with Crippen molar-refractivity contribution in [3.05, 3.63) is 42.0 Å². The lowest BCUT2D eigenvalue weighted by molar-refractivity contribution is -0.104. The molecule has 0 aromatic heterocycles. The quantitative estimate of drug-likeness (QED) is 0.459. The van der Waals surface area contributed by atoms with Crippen molar-refractivity contribution in [1.82, 2.24) is 0 Å². The minimum absolute atomic E-state index is 0. The molecule has 2 heteroatoms. The molecule has 2 N–H and O–H groups in total. The number of hydrogen-bond acceptors (Lipinski definition) is 1. The van der Waals surface area contributed by atoms with Crippen molar-refractivity contribution in [1.29, 1.82) is 0 Å². The molecule has 58 valence electrons. The summed E-state index contributed by atoms with van der Waals surface area (Å²) in [5, 5.41) is 0. The first kappa shape index (κ1) is 9.59. The zero-order chi connectivity index (χ0) is 7.23. The molecule has 0 amide bonds. The van der Waals surface area contributed by atoms with Gasteiger partial charge in [-0.05, 0) is 11.6 Å². The van der Waals surface area contributed by atoms with Gasteiger partial charge in [0.1, 0.15) is 6.29 Å². The van der Waals surface area contributed by atoms with E-state index < -0.39 is 0 Å². The maximum atomic E-state index is 9.89. The summed E-state index contributed by atoms with van der Waals surface area (Å²) in [6.45, 7) is 0. The fraction of sp³-hybridized carbons (Fsp3) is 0. The van der Waals surface area contributed by atoms with Crippen LogP contribution in [-0.2, 0) is 4.79 Å². The van der Waals surface area contributed by atoms with E-state index in [-0.39, 0.29) is 5.48 Å². The third-order valence-corrected chi connectivity index (χ3v) is 1.17. The topological polar surface area (TPSA) is 48.6 Å². The first-order valence-electron chi connectivity index (χ1n) is 3.10. The Kier molecular flexibility index (Phi) is 4.69. The number of aldehydes is 1. The molecule has 0 aliphatic carbocycles. The van der Waals surface area contributed by atoms with E-state index in [0.717, 1.165) is 11.8 Å². The summed E-state index contributed by atoms with van der Waals surface area (Å²) < 4.78 is 0. The van der Waals surface area contributed by atoms with Crippen molar-refractivity contribution >= 4 is 12.4 Å². The first-order chi connectivity index (χ1) is 4.93. The molecule has 1 aromatic rings. The van der Waals surface area contributed by atoms with Gasteiger partial charge in [-0.25, -0.2) is 0 Å². The highest BCUT2D eigenvalue weighted by Gasteiger charge is 1.79. The van der Waals surface area contributed by atoms with Crippen molar-refractivity contribution in [2.24, 2.45) is 0 Å². The molecule has 0 unspecified atom stereocenters. The van der Waals surface area contributed by atoms with Crippen LogP contribution in [0.5, 0.6) is 0 Å². The van der Waals surface area contributed by atoms with Gasteiger partial charge in [0.2, 0.25) is 0 Å². The van der Waals surface area contributed by atoms with E-state index in [9.17, 15) is 4.79 Å². The summed E-state index contributed by atoms with van der Waals surface area (Å²) in [6.07, 6.45) is 4.02. The van der Waals surface area contributed by atoms with Gasteiger partial charge >= 0.3 is 0 Å². The smallest absolute Gasteiger partial charge is 0.142 e. The number of hydrogen-bond donors (Lipinski definition) is 0. The van der Waals surface area contributed by atoms with Crippen LogP contribution in [0.25, 0.3) is 6.08 Å². The molecule has 0 radical (unpaired) electrons. The molecule has 0 heterocycles. The predicted molar refractivity (Wildman–Crippen MR) is 45.2 cm³/mol. The second kappa shape index (κ2) is 5.38. The Morgan fingerprint density at radius 3 is 2.27 bits per heavy atom. The van der Waals surface area contributed by atoms with Crippen molar-refractivity contribution in [3.8, 4) is 0 Å². The molecular formula is C9H10O2. The predicted octanol–water partition coefficient (Wildman–Crippen LogP) is 1.07. The largest absolute Gasteiger partial charge is 0.412 e. The molecule has 0 bridgehead atoms. The average Bonchev–Trinajstić information content (AvgIpc) is 2.03. The van der Waals surface area contributed by atoms with Crippen LogP contribution in [0, 0.1) is 0 Å². The van der Waals surface area contributed by atoms with Gasteiger partial charge in [-0.3, -0.25) is 4.79 Å². The zero-order valence-electron chi connectivity index (χ0n) is 6.03. The lowest BCUT2D eigenvalue weighted by atomic mass is 10.2. The minimum Gasteiger partial charge on any atom is -0.412 e. The van der Waals surface area contributed by atoms with Gasteiger partial charge in [0.15, 0.2) is 0 Å². The molecule has 0 saturated carbocycles. The summed E-state index contributed by atoms with van der Waals surface area (Å²) >= 11 is 0. The molecule has 0 spiro atoms. The fourth-order valence-corrected chi connectivity index (χ4v) is 0.715. The lowest BCUT2D eigenvalue weighted by Gasteiger charge is -1.86. The summed E-state index contributed by atoms with van der Waals surface area (Å²) in [6, 6.07) is 9.70. The molecule has 1 aromatic carbocycles. The highest BCUT2D eigenvalue weighted by molar-refractivity contribution is 5.73. The number of allylic oxidation sites excluding steroid dienone is 1. The minimum atomic E-state index is 0. The SMILES string of the molecule is O.O=C/C=C/c1ccccc1. The van der Waals surface area contributed by atoms with E-state index in [1.807, 2.05) is 30.3 Å². The molecule has 0 atom stereocenters. The standard InChI is InChI=1S/C9H8O.H2O/c10-8-4-7-9-5-2-1-3-6-9;/h1-8H;1H2/b7-4+;. The van der Waals surface area contributed by atoms with E-state index in [2.05, 4.69) is 0 Å². The molecule has 11 heavy (non-hydrogen) atoms. The number of rotatable bonds is 2. The lowest BCUT2D eigenvalue weighted by Crippen LogP contribution is -1.67. The number of carbonyl (C=O) groups is 1. The van der Waals surface area contributed by atoms with E-state index in [1.54, 1.807) is 6.08 Å². The molecule has 0 fully saturated rings. The zero-order valence-corrected chi connectivity index (χ0v) is 6.03. The summed E-state index contributed by atoms with van der Waals surface area (Å²) in [4.78, 5) is 9.89. The summed E-state index contributed by atoms with van der Waals surface area (Å²) in [5.74, 6) is 0. The second-order valence-corrected chi connectivity index (χ2v) is 1.91. The monoisotopic (exact) mass is 150 g/mol. The van der Waals surface area contributed by atoms with Crippen LogP contribution in [-0.4, -0.2) is 11.8 Å². The van der Waals surface area contributed by atoms with Crippen LogP contribution >= 0.6 is 0 Å². The van der Waals surface area contributed by atoms with Crippen molar-refractivity contribution in [2.45, 2.75) is 0 Å². The third kappa shape index (κ3) is 3.33. The van der Waals surface area contributed by atoms with Gasteiger partial charge in [-0.15, -0.1) is 0 Å². The second-order valence-electron chi connectivity index (χ2n) is 1.91. The van der Waals surface area contributed by atoms with Gasteiger partial charge in [0.25, 0.3) is 0 Å². The molecule has 2 nitrogen and oxygen atoms in total. The molecule has 0 aliphatic heterocycles. The van der Waals surface area contributed by atoms with E-state index >= 15 is 0 Å². The Hall–Kier alpha value is -1.41. The highest BCUT2D eigenvalue weighted by Crippen LogP contribution is 1.99. The van der Waals surface area contributed by atoms with Crippen LogP contribution in [0.2, 0.25) is 0 Å². The van der Waals surface area contributed by atoms with Crippen molar-refractivity contribution < 1.29 is 10.3 Å². The highest BCUT2D eigenvalue weighted by atomic mass is 16.1. The molecule has 0 saturated heterocycles. The average molecular weight is 150 g/mol. The molecule has 1 rings (SSSR count). The van der Waals surface area contributed by atoms with Gasteiger partial charge in [0.05, 0.1) is 0 Å². The maximum absolute atomic E-state index is 9.89. The van der Waals surface area contributed by atoms with Crippen LogP contribution in [0.4, 0.5) is 0 Å². The summed E-state index contributed by atoms with van der Waals surface area (Å²) in [5.41, 5.74) is 1.05. The molecule has 0 aliphatic rings. The van der Waals surface area contributed by atoms with E-state index in [0.29, 0.717) is 0 Å². The van der Waals surface area contributed by atoms with Crippen molar-refractivity contribution in [3.63, 3.8) is 0 Å². The van der Waals surface area contributed by atoms with Crippen molar-refractivity contribution in [2.75, 3.05) is 0 Å². The number of carbonyl (C=O) groups excluding carboxylic acids is 1. The van der Waals surface area contributed by atoms with Crippen LogP contribution < -0.4 is 0 Å². The normalized spacial score (nSPS) is 9.09. The number of benzene rings is 1. The van der Waals surface area contributed by atoms with Gasteiger partial charge in [-0.2, -0.15) is 0 Å².